The van der Waals surface area contributed by atoms with Crippen LogP contribution < -0.4 is 0 Å². The van der Waals surface area contributed by atoms with E-state index in [0.29, 0.717) is 22.3 Å². The molecule has 0 fully saturated rings. The number of nitrogens with zero attached hydrogens (tertiary/aromatic N) is 2. The van der Waals surface area contributed by atoms with E-state index in [1.807, 2.05) is 0 Å². The van der Waals surface area contributed by atoms with Crippen molar-refractivity contribution >= 4 is 29.2 Å². The number of aromatic nitrogens is 2. The maximum atomic E-state index is 11.0. The summed E-state index contributed by atoms with van der Waals surface area (Å²) in [4.78, 5) is 11.0. The number of rotatable bonds is 3. The van der Waals surface area contributed by atoms with E-state index in [-0.39, 0.29) is 5.69 Å². The van der Waals surface area contributed by atoms with Gasteiger partial charge in [0, 0.05) is 10.0 Å². The molecule has 1 heterocycles. The van der Waals surface area contributed by atoms with Crippen LogP contribution in [-0.2, 0) is 6.54 Å². The first kappa shape index (κ1) is 12.9. The van der Waals surface area contributed by atoms with Gasteiger partial charge in [0.15, 0.2) is 0 Å². The monoisotopic (exact) mass is 284 g/mol. The Kier molecular flexibility index (Phi) is 3.59. The number of aromatic carboxylic acids is 1. The minimum Gasteiger partial charge on any atom is -0.477 e. The minimum absolute atomic E-state index is 0.138. The normalized spacial score (nSPS) is 10.6. The van der Waals surface area contributed by atoms with Crippen LogP contribution in [0, 0.1) is 6.92 Å². The number of hydrogen-bond acceptors (Lipinski definition) is 2. The molecule has 0 bridgehead atoms. The fourth-order valence-corrected chi connectivity index (χ4v) is 2.12. The Morgan fingerprint density at radius 2 is 2.11 bits per heavy atom. The van der Waals surface area contributed by atoms with Gasteiger partial charge in [0.05, 0.1) is 12.2 Å². The molecule has 2 aromatic rings. The summed E-state index contributed by atoms with van der Waals surface area (Å²) in [6.07, 6.45) is 0. The van der Waals surface area contributed by atoms with Crippen molar-refractivity contribution in [2.75, 3.05) is 0 Å². The summed E-state index contributed by atoms with van der Waals surface area (Å²) in [6, 6.07) is 6.61. The van der Waals surface area contributed by atoms with Crippen LogP contribution >= 0.6 is 23.2 Å². The van der Waals surface area contributed by atoms with Gasteiger partial charge in [-0.05, 0) is 30.7 Å². The molecule has 1 aromatic carbocycles. The number of carboxylic acid groups (broad SMARTS) is 1. The van der Waals surface area contributed by atoms with Gasteiger partial charge in [0.25, 0.3) is 0 Å². The number of halogens is 2. The van der Waals surface area contributed by atoms with Gasteiger partial charge in [-0.15, -0.1) is 0 Å². The molecule has 2 rings (SSSR count). The van der Waals surface area contributed by atoms with E-state index in [0.717, 1.165) is 5.56 Å². The fourth-order valence-electron chi connectivity index (χ4n) is 1.65. The number of hydrogen-bond donors (Lipinski definition) is 1. The van der Waals surface area contributed by atoms with E-state index in [2.05, 4.69) is 5.10 Å². The van der Waals surface area contributed by atoms with E-state index in [4.69, 9.17) is 28.3 Å². The van der Waals surface area contributed by atoms with E-state index in [1.54, 1.807) is 25.1 Å². The van der Waals surface area contributed by atoms with E-state index in [9.17, 15) is 4.79 Å². The zero-order valence-corrected chi connectivity index (χ0v) is 11.0. The molecule has 6 heteroatoms. The highest BCUT2D eigenvalue weighted by molar-refractivity contribution is 6.35. The lowest BCUT2D eigenvalue weighted by Crippen LogP contribution is -2.11. The van der Waals surface area contributed by atoms with Crippen LogP contribution in [0.1, 0.15) is 21.7 Å². The van der Waals surface area contributed by atoms with Crippen molar-refractivity contribution in [3.8, 4) is 0 Å². The molecule has 18 heavy (non-hydrogen) atoms. The summed E-state index contributed by atoms with van der Waals surface area (Å²) >= 11 is 11.8. The maximum Gasteiger partial charge on any atom is 0.354 e. The average molecular weight is 285 g/mol. The third kappa shape index (κ3) is 2.66. The summed E-state index contributed by atoms with van der Waals surface area (Å²) < 4.78 is 1.41. The largest absolute Gasteiger partial charge is 0.477 e. The molecule has 4 nitrogen and oxygen atoms in total. The van der Waals surface area contributed by atoms with E-state index >= 15 is 0 Å². The average Bonchev–Trinajstić information content (AvgIpc) is 2.64. The first-order valence-corrected chi connectivity index (χ1v) is 5.94. The predicted molar refractivity (Wildman–Crippen MR) is 69.5 cm³/mol. The molecule has 1 aromatic heterocycles. The Bertz CT molecular complexity index is 608. The van der Waals surface area contributed by atoms with Crippen molar-refractivity contribution in [2.24, 2.45) is 0 Å². The highest BCUT2D eigenvalue weighted by Crippen LogP contribution is 2.22. The van der Waals surface area contributed by atoms with Crippen molar-refractivity contribution in [2.45, 2.75) is 13.5 Å². The standard InChI is InChI=1S/C12H10Cl2N2O2/c1-7-4-11(12(17)18)16(15-7)6-8-2-3-9(13)5-10(8)14/h2-5H,6H2,1H3,(H,17,18). The van der Waals surface area contributed by atoms with Crippen molar-refractivity contribution in [1.82, 2.24) is 9.78 Å². The lowest BCUT2D eigenvalue weighted by atomic mass is 10.2. The summed E-state index contributed by atoms with van der Waals surface area (Å²) in [6.45, 7) is 2.04. The highest BCUT2D eigenvalue weighted by atomic mass is 35.5. The van der Waals surface area contributed by atoms with Gasteiger partial charge in [-0.1, -0.05) is 29.3 Å². The summed E-state index contributed by atoms with van der Waals surface area (Å²) in [7, 11) is 0. The van der Waals surface area contributed by atoms with Crippen molar-refractivity contribution in [3.05, 3.63) is 51.3 Å². The van der Waals surface area contributed by atoms with Crippen LogP contribution in [0.25, 0.3) is 0 Å². The molecule has 0 aliphatic carbocycles. The molecule has 0 saturated heterocycles. The van der Waals surface area contributed by atoms with Crippen molar-refractivity contribution in [3.63, 3.8) is 0 Å². The van der Waals surface area contributed by atoms with E-state index in [1.165, 1.54) is 10.7 Å². The number of benzene rings is 1. The Morgan fingerprint density at radius 1 is 1.39 bits per heavy atom. The van der Waals surface area contributed by atoms with Gasteiger partial charge in [-0.2, -0.15) is 5.10 Å². The topological polar surface area (TPSA) is 55.1 Å². The second kappa shape index (κ2) is 5.00. The third-order valence-corrected chi connectivity index (χ3v) is 3.04. The second-order valence-electron chi connectivity index (χ2n) is 3.87. The molecule has 0 atom stereocenters. The Morgan fingerprint density at radius 3 is 2.72 bits per heavy atom. The molecule has 0 amide bonds. The summed E-state index contributed by atoms with van der Waals surface area (Å²) in [5.74, 6) is -1.01. The summed E-state index contributed by atoms with van der Waals surface area (Å²) in [5.41, 5.74) is 1.56. The smallest absolute Gasteiger partial charge is 0.354 e. The predicted octanol–water partition coefficient (Wildman–Crippen LogP) is 3.24. The number of carbonyl (C=O) groups is 1. The fraction of sp³-hybridized carbons (Fsp3) is 0.167. The zero-order valence-electron chi connectivity index (χ0n) is 9.52. The van der Waals surface area contributed by atoms with Crippen LogP contribution in [0.3, 0.4) is 0 Å². The van der Waals surface area contributed by atoms with Crippen LogP contribution in [0.4, 0.5) is 0 Å². The van der Waals surface area contributed by atoms with Crippen LogP contribution in [0.2, 0.25) is 10.0 Å². The van der Waals surface area contributed by atoms with Crippen molar-refractivity contribution < 1.29 is 9.90 Å². The van der Waals surface area contributed by atoms with Crippen molar-refractivity contribution in [1.29, 1.82) is 0 Å². The number of aryl methyl sites for hydroxylation is 1. The number of carboxylic acids is 1. The quantitative estimate of drug-likeness (QED) is 0.941. The molecule has 0 aliphatic rings. The molecule has 0 spiro atoms. The third-order valence-electron chi connectivity index (χ3n) is 2.46. The van der Waals surface area contributed by atoms with Gasteiger partial charge in [0.2, 0.25) is 0 Å². The minimum atomic E-state index is -1.01. The van der Waals surface area contributed by atoms with Gasteiger partial charge >= 0.3 is 5.97 Å². The molecular formula is C12H10Cl2N2O2. The highest BCUT2D eigenvalue weighted by Gasteiger charge is 2.13. The molecule has 0 unspecified atom stereocenters. The second-order valence-corrected chi connectivity index (χ2v) is 4.71. The SMILES string of the molecule is Cc1cc(C(=O)O)n(Cc2ccc(Cl)cc2Cl)n1. The van der Waals surface area contributed by atoms with Crippen LogP contribution in [0.5, 0.6) is 0 Å². The molecule has 1 N–H and O–H groups in total. The van der Waals surface area contributed by atoms with Gasteiger partial charge in [-0.25, -0.2) is 4.79 Å². The van der Waals surface area contributed by atoms with Gasteiger partial charge in [0.1, 0.15) is 5.69 Å². The van der Waals surface area contributed by atoms with Gasteiger partial charge in [-0.3, -0.25) is 4.68 Å². The zero-order chi connectivity index (χ0) is 13.3. The molecule has 94 valence electrons. The Labute approximate surface area is 114 Å². The summed E-state index contributed by atoms with van der Waals surface area (Å²) in [5, 5.41) is 14.2. The molecule has 0 saturated carbocycles. The Hall–Kier alpha value is -1.52. The van der Waals surface area contributed by atoms with Crippen LogP contribution in [-0.4, -0.2) is 20.9 Å². The molecule has 0 aliphatic heterocycles. The first-order valence-electron chi connectivity index (χ1n) is 5.19. The Balaban J connectivity index is 2.36. The first-order chi connectivity index (χ1) is 8.47. The molecular weight excluding hydrogens is 275 g/mol. The van der Waals surface area contributed by atoms with Gasteiger partial charge < -0.3 is 5.11 Å². The van der Waals surface area contributed by atoms with E-state index < -0.39 is 5.97 Å². The lowest BCUT2D eigenvalue weighted by molar-refractivity contribution is 0.0684. The maximum absolute atomic E-state index is 11.0. The molecule has 0 radical (unpaired) electrons. The van der Waals surface area contributed by atoms with Crippen LogP contribution in [0.15, 0.2) is 24.3 Å². The lowest BCUT2D eigenvalue weighted by Gasteiger charge is -2.07.